The zero-order valence-corrected chi connectivity index (χ0v) is 43.3. The van der Waals surface area contributed by atoms with E-state index in [1.807, 2.05) is 0 Å². The summed E-state index contributed by atoms with van der Waals surface area (Å²) in [6.45, 7) is 5.21. The second kappa shape index (κ2) is 15.3. The highest BCUT2D eigenvalue weighted by Gasteiger charge is 2.47. The van der Waals surface area contributed by atoms with Crippen LogP contribution in [0.5, 0.6) is 0 Å². The van der Waals surface area contributed by atoms with Crippen LogP contribution in [0.25, 0.3) is 97.4 Å². The number of aryl methyl sites for hydroxylation is 2. The summed E-state index contributed by atoms with van der Waals surface area (Å²) >= 11 is 2.13. The molecule has 3 aromatic heterocycles. The van der Waals surface area contributed by atoms with Crippen LogP contribution in [0, 0.1) is 0 Å². The third-order valence-electron chi connectivity index (χ3n) is 19.0. The molecule has 3 heterocycles. The van der Waals surface area contributed by atoms with Gasteiger partial charge in [-0.25, -0.2) is 0 Å². The van der Waals surface area contributed by atoms with Crippen LogP contribution in [0.2, 0.25) is 0 Å². The van der Waals surface area contributed by atoms with Crippen molar-refractivity contribution in [1.29, 1.82) is 0 Å². The number of benzene rings is 10. The Bertz CT molecular complexity index is 4250. The number of thiophene rings is 1. The Morgan fingerprint density at radius 2 is 0.680 bits per heavy atom. The zero-order chi connectivity index (χ0) is 49.3. The molecule has 0 N–H and O–H groups in total. The molecule has 0 bridgehead atoms. The van der Waals surface area contributed by atoms with Gasteiger partial charge in [0.25, 0.3) is 0 Å². The fourth-order valence-electron chi connectivity index (χ4n) is 15.7. The lowest BCUT2D eigenvalue weighted by molar-refractivity contribution is 0.649. The summed E-state index contributed by atoms with van der Waals surface area (Å²) < 4.78 is 8.00. The molecule has 2 atom stereocenters. The van der Waals surface area contributed by atoms with E-state index in [1.165, 1.54) is 145 Å². The second-order valence-electron chi connectivity index (χ2n) is 22.6. The van der Waals surface area contributed by atoms with Gasteiger partial charge in [0.2, 0.25) is 0 Å². The summed E-state index contributed by atoms with van der Waals surface area (Å²) in [6.07, 6.45) is 9.41. The Hall–Kier alpha value is -7.98. The van der Waals surface area contributed by atoms with Gasteiger partial charge in [-0.15, -0.1) is 11.3 Å². The van der Waals surface area contributed by atoms with Gasteiger partial charge in [0.1, 0.15) is 0 Å². The smallest absolute Gasteiger partial charge is 0.0541 e. The molecule has 10 aromatic carbocycles. The van der Waals surface area contributed by atoms with Crippen molar-refractivity contribution in [3.63, 3.8) is 0 Å². The molecule has 75 heavy (non-hydrogen) atoms. The van der Waals surface area contributed by atoms with Crippen LogP contribution in [-0.2, 0) is 36.5 Å². The van der Waals surface area contributed by atoms with E-state index in [4.69, 9.17) is 0 Å². The van der Waals surface area contributed by atoms with Gasteiger partial charge >= 0.3 is 0 Å². The number of hydrogen-bond acceptors (Lipinski definition) is 1. The highest BCUT2D eigenvalue weighted by atomic mass is 32.1. The van der Waals surface area contributed by atoms with Crippen molar-refractivity contribution in [1.82, 2.24) is 9.13 Å². The van der Waals surface area contributed by atoms with Crippen LogP contribution in [0.1, 0.15) is 95.2 Å². The minimum atomic E-state index is -0.393. The van der Waals surface area contributed by atoms with Gasteiger partial charge in [0.05, 0.1) is 22.1 Å². The normalized spacial score (nSPS) is 18.5. The summed E-state index contributed by atoms with van der Waals surface area (Å²) in [7, 11) is 0. The molecule has 0 aliphatic heterocycles. The topological polar surface area (TPSA) is 9.86 Å². The number of fused-ring (bicyclic) bond motifs is 17. The van der Waals surface area contributed by atoms with Crippen LogP contribution >= 0.6 is 11.3 Å². The molecule has 4 aliphatic carbocycles. The van der Waals surface area contributed by atoms with E-state index in [0.717, 1.165) is 25.7 Å². The van der Waals surface area contributed by atoms with E-state index >= 15 is 0 Å². The van der Waals surface area contributed by atoms with Gasteiger partial charge < -0.3 is 9.13 Å². The van der Waals surface area contributed by atoms with Crippen molar-refractivity contribution in [2.75, 3.05) is 0 Å². The first kappa shape index (κ1) is 42.4. The summed E-state index contributed by atoms with van der Waals surface area (Å²) in [5.74, 6) is 0. The van der Waals surface area contributed by atoms with Gasteiger partial charge in [0, 0.05) is 63.9 Å². The maximum atomic E-state index is 2.68. The Morgan fingerprint density at radius 3 is 1.09 bits per heavy atom. The van der Waals surface area contributed by atoms with Crippen LogP contribution in [0.15, 0.2) is 194 Å². The molecule has 4 aliphatic rings. The first-order valence-corrected chi connectivity index (χ1v) is 28.3. The molecule has 0 saturated heterocycles. The SMILES string of the molecule is CC1(c2c3c(cc4c2sc2c(C5(C)c6ccccc6-c6ccc(-n7c8ccccc8c8ccccc87)cc65)c5c(cc24)CCCC5)CCCC3)c2ccccc2-c2ccc(-n3c4ccccc4c4ccccc43)cc21. The highest BCUT2D eigenvalue weighted by Crippen LogP contribution is 2.61. The molecular weight excluding hydrogens is 925 g/mol. The van der Waals surface area contributed by atoms with Crippen molar-refractivity contribution in [3.05, 3.63) is 250 Å². The summed E-state index contributed by atoms with van der Waals surface area (Å²) in [4.78, 5) is 0. The van der Waals surface area contributed by atoms with E-state index in [1.54, 1.807) is 33.4 Å². The molecule has 13 aromatic rings. The first-order valence-electron chi connectivity index (χ1n) is 27.5. The zero-order valence-electron chi connectivity index (χ0n) is 42.4. The summed E-state index contributed by atoms with van der Waals surface area (Å²) in [6, 6.07) is 74.9. The molecule has 358 valence electrons. The average Bonchev–Trinajstić information content (AvgIpc) is 4.39. The Labute approximate surface area is 441 Å². The fourth-order valence-corrected chi connectivity index (χ4v) is 17.3. The van der Waals surface area contributed by atoms with E-state index < -0.39 is 10.8 Å². The molecule has 0 radical (unpaired) electrons. The summed E-state index contributed by atoms with van der Waals surface area (Å²) in [5.41, 5.74) is 27.3. The van der Waals surface area contributed by atoms with Crippen molar-refractivity contribution in [2.24, 2.45) is 0 Å². The third kappa shape index (κ3) is 5.49. The Kier molecular flexibility index (Phi) is 8.65. The number of aromatic nitrogens is 2. The molecule has 2 nitrogen and oxygen atoms in total. The minimum Gasteiger partial charge on any atom is -0.309 e. The van der Waals surface area contributed by atoms with Gasteiger partial charge in [-0.05, 0) is 204 Å². The largest absolute Gasteiger partial charge is 0.309 e. The van der Waals surface area contributed by atoms with Crippen molar-refractivity contribution in [2.45, 2.75) is 76.0 Å². The highest BCUT2D eigenvalue weighted by molar-refractivity contribution is 7.26. The monoisotopic (exact) mass is 978 g/mol. The molecular formula is C72H54N2S. The lowest BCUT2D eigenvalue weighted by Crippen LogP contribution is -2.26. The lowest BCUT2D eigenvalue weighted by Gasteiger charge is -2.34. The van der Waals surface area contributed by atoms with Crippen molar-refractivity contribution in [3.8, 4) is 33.6 Å². The minimum absolute atomic E-state index is 0.393. The molecule has 0 fully saturated rings. The lowest BCUT2D eigenvalue weighted by atomic mass is 9.68. The quantitative estimate of drug-likeness (QED) is 0.166. The van der Waals surface area contributed by atoms with E-state index in [0.29, 0.717) is 0 Å². The van der Waals surface area contributed by atoms with Gasteiger partial charge in [-0.1, -0.05) is 133 Å². The molecule has 0 spiro atoms. The van der Waals surface area contributed by atoms with E-state index in [-0.39, 0.29) is 0 Å². The Morgan fingerprint density at radius 1 is 0.333 bits per heavy atom. The number of para-hydroxylation sites is 4. The van der Waals surface area contributed by atoms with Crippen LogP contribution in [0.4, 0.5) is 0 Å². The standard InChI is InChI=1S/C72H54N2S/c1-71(59-29-13-7-23-49(59)51-37-35-45(41-61(51)71)73-63-31-15-9-25-53(63)54-26-10-16-32-64(54)73)67-47-21-5-3-19-43(47)39-57-58-40-44-20-4-6-22-48(44)68(70(58)75-69(57)67)72(2)60-30-14-8-24-50(60)52-38-36-46(42-62(52)72)74-65-33-17-11-27-55(65)56-28-12-18-34-66(56)74/h7-18,23-42H,3-6,19-22H2,1-2H3. The Balaban J connectivity index is 0.959. The first-order chi connectivity index (χ1) is 37.0. The van der Waals surface area contributed by atoms with Crippen molar-refractivity contribution < 1.29 is 0 Å². The second-order valence-corrected chi connectivity index (χ2v) is 23.6. The van der Waals surface area contributed by atoms with Gasteiger partial charge in [0.15, 0.2) is 0 Å². The van der Waals surface area contributed by atoms with E-state index in [9.17, 15) is 0 Å². The maximum Gasteiger partial charge on any atom is 0.0541 e. The predicted octanol–water partition coefficient (Wildman–Crippen LogP) is 18.7. The number of rotatable bonds is 4. The van der Waals surface area contributed by atoms with Crippen molar-refractivity contribution >= 4 is 75.1 Å². The van der Waals surface area contributed by atoms with Gasteiger partial charge in [-0.3, -0.25) is 0 Å². The van der Waals surface area contributed by atoms with Crippen LogP contribution < -0.4 is 0 Å². The van der Waals surface area contributed by atoms with Gasteiger partial charge in [-0.2, -0.15) is 0 Å². The number of hydrogen-bond donors (Lipinski definition) is 0. The van der Waals surface area contributed by atoms with Crippen LogP contribution in [0.3, 0.4) is 0 Å². The fraction of sp³-hybridized carbons (Fsp3) is 0.167. The third-order valence-corrected chi connectivity index (χ3v) is 20.2. The molecule has 2 unspecified atom stereocenters. The maximum absolute atomic E-state index is 2.68. The van der Waals surface area contributed by atoms with E-state index in [2.05, 4.69) is 228 Å². The molecule has 0 saturated carbocycles. The average molecular weight is 979 g/mol. The molecule has 17 rings (SSSR count). The molecule has 0 amide bonds. The predicted molar refractivity (Wildman–Crippen MR) is 316 cm³/mol. The number of nitrogens with zero attached hydrogens (tertiary/aromatic N) is 2. The van der Waals surface area contributed by atoms with Crippen LogP contribution in [-0.4, -0.2) is 9.13 Å². The molecule has 3 heteroatoms. The summed E-state index contributed by atoms with van der Waals surface area (Å²) in [5, 5.41) is 8.11.